The molecule has 0 aliphatic carbocycles. The van der Waals surface area contributed by atoms with Crippen LogP contribution in [0.15, 0.2) is 48.9 Å². The van der Waals surface area contributed by atoms with Crippen LogP contribution < -0.4 is 15.5 Å². The van der Waals surface area contributed by atoms with E-state index in [9.17, 15) is 14.4 Å². The second kappa shape index (κ2) is 13.0. The summed E-state index contributed by atoms with van der Waals surface area (Å²) in [6.07, 6.45) is 5.26. The predicted molar refractivity (Wildman–Crippen MR) is 157 cm³/mol. The smallest absolute Gasteiger partial charge is 0.320 e. The predicted octanol–water partition coefficient (Wildman–Crippen LogP) is 4.19. The fraction of sp³-hybridized carbons (Fsp3) is 0.379. The van der Waals surface area contributed by atoms with Crippen molar-refractivity contribution < 1.29 is 19.1 Å². The van der Waals surface area contributed by atoms with Crippen LogP contribution in [0.1, 0.15) is 53.6 Å². The first-order chi connectivity index (χ1) is 19.5. The zero-order chi connectivity index (χ0) is 29.6. The van der Waals surface area contributed by atoms with E-state index in [2.05, 4.69) is 35.4 Å². The molecule has 0 unspecified atom stereocenters. The molecule has 0 saturated carbocycles. The third kappa shape index (κ3) is 8.70. The maximum absolute atomic E-state index is 13.0. The van der Waals surface area contributed by atoms with Crippen molar-refractivity contribution >= 4 is 46.7 Å². The SMILES string of the molecule is Cc1ccc(NC(=O)c2cnc(N3CCCN(CC(=O)OC(C)(C)C)CC3)cn2)c(C(=O)Nc2ccc(Cl)cn2)c1. The van der Waals surface area contributed by atoms with Crippen LogP contribution in [0, 0.1) is 6.92 Å². The molecule has 1 aliphatic rings. The average molecular weight is 580 g/mol. The number of aromatic nitrogens is 3. The maximum Gasteiger partial charge on any atom is 0.320 e. The maximum atomic E-state index is 13.0. The van der Waals surface area contributed by atoms with Crippen molar-refractivity contribution in [1.82, 2.24) is 19.9 Å². The number of pyridine rings is 1. The average Bonchev–Trinajstić information content (AvgIpc) is 3.15. The van der Waals surface area contributed by atoms with E-state index in [0.29, 0.717) is 35.4 Å². The number of ether oxygens (including phenoxy) is 1. The van der Waals surface area contributed by atoms with Crippen LogP contribution in [0.5, 0.6) is 0 Å². The molecule has 41 heavy (non-hydrogen) atoms. The van der Waals surface area contributed by atoms with E-state index in [4.69, 9.17) is 16.3 Å². The molecule has 12 heteroatoms. The molecule has 3 aromatic rings. The summed E-state index contributed by atoms with van der Waals surface area (Å²) in [6.45, 7) is 10.5. The van der Waals surface area contributed by atoms with Gasteiger partial charge in [-0.2, -0.15) is 0 Å². The van der Waals surface area contributed by atoms with E-state index in [-0.39, 0.29) is 23.8 Å². The van der Waals surface area contributed by atoms with E-state index in [0.717, 1.165) is 25.1 Å². The van der Waals surface area contributed by atoms with E-state index in [1.807, 2.05) is 27.7 Å². The minimum atomic E-state index is -0.513. The van der Waals surface area contributed by atoms with E-state index in [1.54, 1.807) is 36.5 Å². The van der Waals surface area contributed by atoms with Crippen molar-refractivity contribution in [1.29, 1.82) is 0 Å². The minimum absolute atomic E-state index is 0.112. The van der Waals surface area contributed by atoms with Gasteiger partial charge in [-0.25, -0.2) is 15.0 Å². The van der Waals surface area contributed by atoms with Gasteiger partial charge in [-0.05, 0) is 58.4 Å². The van der Waals surface area contributed by atoms with Crippen molar-refractivity contribution in [3.8, 4) is 0 Å². The number of carbonyl (C=O) groups excluding carboxylic acids is 3. The number of nitrogens with one attached hydrogen (secondary N) is 2. The largest absolute Gasteiger partial charge is 0.459 e. The Bertz CT molecular complexity index is 1390. The Labute approximate surface area is 244 Å². The second-order valence-electron chi connectivity index (χ2n) is 10.8. The Hall–Kier alpha value is -4.09. The lowest BCUT2D eigenvalue weighted by molar-refractivity contribution is -0.156. The lowest BCUT2D eigenvalue weighted by Gasteiger charge is -2.24. The van der Waals surface area contributed by atoms with Gasteiger partial charge in [0.1, 0.15) is 22.9 Å². The van der Waals surface area contributed by atoms with Gasteiger partial charge in [0.05, 0.1) is 35.2 Å². The first kappa shape index (κ1) is 29.9. The normalized spacial score (nSPS) is 14.2. The number of nitrogens with zero attached hydrogens (tertiary/aromatic N) is 5. The third-order valence-electron chi connectivity index (χ3n) is 6.19. The molecular formula is C29H34ClN7O4. The zero-order valence-electron chi connectivity index (χ0n) is 23.6. The van der Waals surface area contributed by atoms with Crippen molar-refractivity contribution in [2.75, 3.05) is 48.3 Å². The molecule has 3 heterocycles. The Morgan fingerprint density at radius 1 is 0.927 bits per heavy atom. The standard InChI is InChI=1S/C29H34ClN7O4/c1-19-6-8-22(21(14-19)27(39)35-24-9-7-20(30)15-32-24)34-28(40)23-16-33-25(17-31-23)37-11-5-10-36(12-13-37)18-26(38)41-29(2,3)4/h6-9,14-17H,5,10-13,18H2,1-4H3,(H,34,40)(H,32,35,39). The van der Waals surface area contributed by atoms with Gasteiger partial charge in [-0.3, -0.25) is 19.3 Å². The van der Waals surface area contributed by atoms with Crippen LogP contribution in [0.4, 0.5) is 17.3 Å². The number of hydrogen-bond acceptors (Lipinski definition) is 9. The molecular weight excluding hydrogens is 546 g/mol. The fourth-order valence-corrected chi connectivity index (χ4v) is 4.40. The molecule has 0 atom stereocenters. The lowest BCUT2D eigenvalue weighted by atomic mass is 10.1. The summed E-state index contributed by atoms with van der Waals surface area (Å²) in [5, 5.41) is 5.94. The van der Waals surface area contributed by atoms with Gasteiger partial charge in [0.15, 0.2) is 0 Å². The van der Waals surface area contributed by atoms with Gasteiger partial charge in [-0.15, -0.1) is 0 Å². The summed E-state index contributed by atoms with van der Waals surface area (Å²) in [7, 11) is 0. The Balaban J connectivity index is 1.38. The Morgan fingerprint density at radius 3 is 2.41 bits per heavy atom. The van der Waals surface area contributed by atoms with Crippen LogP contribution in [0.3, 0.4) is 0 Å². The molecule has 0 bridgehead atoms. The Kier molecular flexibility index (Phi) is 9.51. The van der Waals surface area contributed by atoms with Crippen LogP contribution in [0.25, 0.3) is 0 Å². The summed E-state index contributed by atoms with van der Waals surface area (Å²) in [6, 6.07) is 8.36. The molecule has 2 aromatic heterocycles. The summed E-state index contributed by atoms with van der Waals surface area (Å²) in [5.74, 6) is -0.183. The van der Waals surface area contributed by atoms with Crippen molar-refractivity contribution in [2.24, 2.45) is 0 Å². The summed E-state index contributed by atoms with van der Waals surface area (Å²) in [4.78, 5) is 55.3. The van der Waals surface area contributed by atoms with Crippen molar-refractivity contribution in [3.05, 3.63) is 70.8 Å². The third-order valence-corrected chi connectivity index (χ3v) is 6.42. The summed E-state index contributed by atoms with van der Waals surface area (Å²) in [5.41, 5.74) is 1.06. The van der Waals surface area contributed by atoms with E-state index < -0.39 is 17.4 Å². The van der Waals surface area contributed by atoms with Gasteiger partial charge in [0.25, 0.3) is 11.8 Å². The van der Waals surface area contributed by atoms with Crippen molar-refractivity contribution in [3.63, 3.8) is 0 Å². The molecule has 2 N–H and O–H groups in total. The highest BCUT2D eigenvalue weighted by Gasteiger charge is 2.22. The van der Waals surface area contributed by atoms with Crippen LogP contribution in [0.2, 0.25) is 5.02 Å². The molecule has 1 aliphatic heterocycles. The number of aryl methyl sites for hydroxylation is 1. The van der Waals surface area contributed by atoms with Crippen LogP contribution in [-0.4, -0.2) is 76.0 Å². The first-order valence-electron chi connectivity index (χ1n) is 13.3. The number of esters is 1. The monoisotopic (exact) mass is 579 g/mol. The number of rotatable bonds is 7. The quantitative estimate of drug-likeness (QED) is 0.396. The highest BCUT2D eigenvalue weighted by molar-refractivity contribution is 6.30. The zero-order valence-corrected chi connectivity index (χ0v) is 24.4. The number of anilines is 3. The van der Waals surface area contributed by atoms with Crippen molar-refractivity contribution in [2.45, 2.75) is 39.7 Å². The fourth-order valence-electron chi connectivity index (χ4n) is 4.29. The van der Waals surface area contributed by atoms with Gasteiger partial charge in [0.2, 0.25) is 0 Å². The first-order valence-corrected chi connectivity index (χ1v) is 13.7. The van der Waals surface area contributed by atoms with Crippen LogP contribution >= 0.6 is 11.6 Å². The number of benzene rings is 1. The molecule has 11 nitrogen and oxygen atoms in total. The summed E-state index contributed by atoms with van der Waals surface area (Å²) >= 11 is 5.87. The molecule has 0 spiro atoms. The molecule has 1 saturated heterocycles. The number of amides is 2. The Morgan fingerprint density at radius 2 is 1.73 bits per heavy atom. The molecule has 2 amide bonds. The highest BCUT2D eigenvalue weighted by Crippen LogP contribution is 2.21. The van der Waals surface area contributed by atoms with E-state index in [1.165, 1.54) is 12.4 Å². The topological polar surface area (TPSA) is 130 Å². The van der Waals surface area contributed by atoms with Gasteiger partial charge in [0, 0.05) is 32.4 Å². The lowest BCUT2D eigenvalue weighted by Crippen LogP contribution is -2.37. The molecule has 0 radical (unpaired) electrons. The van der Waals surface area contributed by atoms with E-state index >= 15 is 0 Å². The minimum Gasteiger partial charge on any atom is -0.459 e. The van der Waals surface area contributed by atoms with Crippen LogP contribution in [-0.2, 0) is 9.53 Å². The second-order valence-corrected chi connectivity index (χ2v) is 11.2. The molecule has 4 rings (SSSR count). The highest BCUT2D eigenvalue weighted by atomic mass is 35.5. The summed E-state index contributed by atoms with van der Waals surface area (Å²) < 4.78 is 5.44. The molecule has 216 valence electrons. The van der Waals surface area contributed by atoms with Gasteiger partial charge in [-0.1, -0.05) is 23.2 Å². The molecule has 1 aromatic carbocycles. The number of carbonyl (C=O) groups is 3. The number of halogens is 1. The van der Waals surface area contributed by atoms with Gasteiger partial charge < -0.3 is 20.3 Å². The van der Waals surface area contributed by atoms with Gasteiger partial charge >= 0.3 is 5.97 Å². The molecule has 1 fully saturated rings. The number of hydrogen-bond donors (Lipinski definition) is 2.